The SMILES string of the molecule is CC\C=C/C=C\C=C/C=C\C=C/CCCC(=O)OCC(COC(=O)CCCCCCCCCCCC/C=C\C=C/CCCCC)OC(=O)CCCCCCCCC/C=C\CCCCCCCC. The van der Waals surface area contributed by atoms with Crippen LogP contribution in [0.2, 0.25) is 0 Å². The highest BCUT2D eigenvalue weighted by Gasteiger charge is 2.19. The van der Waals surface area contributed by atoms with Crippen LogP contribution in [-0.2, 0) is 28.6 Å². The van der Waals surface area contributed by atoms with E-state index >= 15 is 0 Å². The summed E-state index contributed by atoms with van der Waals surface area (Å²) in [4.78, 5) is 38.1. The van der Waals surface area contributed by atoms with Crippen LogP contribution in [0.25, 0.3) is 0 Å². The zero-order valence-corrected chi connectivity index (χ0v) is 43.6. The van der Waals surface area contributed by atoms with Gasteiger partial charge in [0, 0.05) is 19.3 Å². The highest BCUT2D eigenvalue weighted by atomic mass is 16.6. The molecule has 6 heteroatoms. The summed E-state index contributed by atoms with van der Waals surface area (Å²) in [6.07, 6.45) is 72.6. The first-order chi connectivity index (χ1) is 33.0. The van der Waals surface area contributed by atoms with E-state index in [1.54, 1.807) is 0 Å². The third kappa shape index (κ3) is 53.2. The van der Waals surface area contributed by atoms with Crippen molar-refractivity contribution in [2.75, 3.05) is 13.2 Å². The van der Waals surface area contributed by atoms with Crippen LogP contribution in [0.3, 0.4) is 0 Å². The fraction of sp³-hybridized carbons (Fsp3) is 0.689. The molecular formula is C61H102O6. The van der Waals surface area contributed by atoms with Crippen LogP contribution in [0, 0.1) is 0 Å². The zero-order chi connectivity index (χ0) is 48.6. The third-order valence-electron chi connectivity index (χ3n) is 11.7. The number of esters is 3. The number of rotatable bonds is 49. The van der Waals surface area contributed by atoms with Gasteiger partial charge in [-0.3, -0.25) is 14.4 Å². The monoisotopic (exact) mass is 931 g/mol. The average Bonchev–Trinajstić information content (AvgIpc) is 3.33. The molecule has 0 aromatic heterocycles. The highest BCUT2D eigenvalue weighted by Crippen LogP contribution is 2.15. The molecule has 0 spiro atoms. The summed E-state index contributed by atoms with van der Waals surface area (Å²) in [7, 11) is 0. The molecule has 0 aliphatic rings. The van der Waals surface area contributed by atoms with Gasteiger partial charge in [0.2, 0.25) is 0 Å². The zero-order valence-electron chi connectivity index (χ0n) is 43.6. The number of unbranched alkanes of at least 4 members (excludes halogenated alkanes) is 27. The quantitative estimate of drug-likeness (QED) is 0.0199. The Morgan fingerprint density at radius 1 is 0.313 bits per heavy atom. The maximum atomic E-state index is 12.8. The van der Waals surface area contributed by atoms with Crippen molar-refractivity contribution in [2.24, 2.45) is 0 Å². The first-order valence-corrected chi connectivity index (χ1v) is 27.8. The van der Waals surface area contributed by atoms with Crippen molar-refractivity contribution in [1.29, 1.82) is 0 Å². The van der Waals surface area contributed by atoms with Crippen molar-refractivity contribution in [3.8, 4) is 0 Å². The van der Waals surface area contributed by atoms with Gasteiger partial charge in [0.25, 0.3) is 0 Å². The van der Waals surface area contributed by atoms with E-state index in [0.717, 1.165) is 51.4 Å². The van der Waals surface area contributed by atoms with Crippen LogP contribution in [-0.4, -0.2) is 37.2 Å². The summed E-state index contributed by atoms with van der Waals surface area (Å²) in [5, 5.41) is 0. The molecule has 0 fully saturated rings. The van der Waals surface area contributed by atoms with Crippen LogP contribution in [0.1, 0.15) is 252 Å². The smallest absolute Gasteiger partial charge is 0.306 e. The average molecular weight is 931 g/mol. The molecule has 0 aliphatic carbocycles. The lowest BCUT2D eigenvalue weighted by molar-refractivity contribution is -0.167. The lowest BCUT2D eigenvalue weighted by Gasteiger charge is -2.18. The summed E-state index contributed by atoms with van der Waals surface area (Å²) in [5.74, 6) is -0.987. The second kappa shape index (κ2) is 54.9. The number of carbonyl (C=O) groups excluding carboxylic acids is 3. The largest absolute Gasteiger partial charge is 0.462 e. The molecular weight excluding hydrogens is 829 g/mol. The van der Waals surface area contributed by atoms with E-state index in [1.165, 1.54) is 154 Å². The number of carbonyl (C=O) groups is 3. The molecule has 0 N–H and O–H groups in total. The molecule has 0 rings (SSSR count). The lowest BCUT2D eigenvalue weighted by Crippen LogP contribution is -2.30. The number of allylic oxidation sites excluding steroid dienone is 16. The van der Waals surface area contributed by atoms with Crippen LogP contribution >= 0.6 is 0 Å². The van der Waals surface area contributed by atoms with E-state index in [-0.39, 0.29) is 37.5 Å². The topological polar surface area (TPSA) is 78.9 Å². The van der Waals surface area contributed by atoms with Crippen molar-refractivity contribution < 1.29 is 28.6 Å². The fourth-order valence-electron chi connectivity index (χ4n) is 7.52. The lowest BCUT2D eigenvalue weighted by atomic mass is 10.1. The first kappa shape index (κ1) is 63.3. The maximum absolute atomic E-state index is 12.8. The van der Waals surface area contributed by atoms with E-state index in [0.29, 0.717) is 19.3 Å². The van der Waals surface area contributed by atoms with Crippen molar-refractivity contribution in [3.63, 3.8) is 0 Å². The van der Waals surface area contributed by atoms with E-state index in [4.69, 9.17) is 14.2 Å². The Hall–Kier alpha value is -3.67. The maximum Gasteiger partial charge on any atom is 0.306 e. The Kier molecular flexibility index (Phi) is 51.9. The van der Waals surface area contributed by atoms with Gasteiger partial charge in [-0.25, -0.2) is 0 Å². The summed E-state index contributed by atoms with van der Waals surface area (Å²) < 4.78 is 16.8. The van der Waals surface area contributed by atoms with Crippen molar-refractivity contribution in [2.45, 2.75) is 258 Å². The Morgan fingerprint density at radius 2 is 0.612 bits per heavy atom. The van der Waals surface area contributed by atoms with Gasteiger partial charge < -0.3 is 14.2 Å². The number of hydrogen-bond acceptors (Lipinski definition) is 6. The minimum absolute atomic E-state index is 0.104. The molecule has 0 radical (unpaired) electrons. The van der Waals surface area contributed by atoms with Gasteiger partial charge in [0.05, 0.1) is 0 Å². The van der Waals surface area contributed by atoms with Gasteiger partial charge in [-0.2, -0.15) is 0 Å². The second-order valence-corrected chi connectivity index (χ2v) is 18.3. The van der Waals surface area contributed by atoms with Crippen LogP contribution in [0.15, 0.2) is 97.2 Å². The van der Waals surface area contributed by atoms with E-state index in [2.05, 4.69) is 63.3 Å². The molecule has 0 bridgehead atoms. The standard InChI is InChI=1S/C61H102O6/c1-4-7-10-13-16-19-22-25-27-29-30-32-33-36-39-42-45-48-51-54-60(63)66-57-58(56-65-59(62)53-50-47-44-41-38-35-24-21-18-15-12-9-6-3)67-61(64)55-52-49-46-43-40-37-34-31-28-26-23-20-17-14-11-8-5-2/h9,12,15-16,18-19,21-22,24-26,28,35,38,41,44,58H,4-8,10-11,13-14,17,20,23,27,29-34,36-37,39-40,42-43,45-57H2,1-3H3/b12-9-,18-15-,19-16-,24-21-,25-22-,28-26-,38-35-,44-41-. The van der Waals surface area contributed by atoms with Crippen molar-refractivity contribution in [1.82, 2.24) is 0 Å². The summed E-state index contributed by atoms with van der Waals surface area (Å²) >= 11 is 0. The molecule has 0 amide bonds. The van der Waals surface area contributed by atoms with Gasteiger partial charge in [0.15, 0.2) is 6.10 Å². The molecule has 6 nitrogen and oxygen atoms in total. The van der Waals surface area contributed by atoms with Crippen molar-refractivity contribution >= 4 is 17.9 Å². The molecule has 1 unspecified atom stereocenters. The molecule has 0 aromatic rings. The fourth-order valence-corrected chi connectivity index (χ4v) is 7.52. The summed E-state index contributed by atoms with van der Waals surface area (Å²) in [5.41, 5.74) is 0. The van der Waals surface area contributed by atoms with Crippen LogP contribution in [0.4, 0.5) is 0 Å². The normalized spacial score (nSPS) is 12.8. The minimum Gasteiger partial charge on any atom is -0.462 e. The first-order valence-electron chi connectivity index (χ1n) is 27.8. The van der Waals surface area contributed by atoms with E-state index in [1.807, 2.05) is 54.7 Å². The Balaban J connectivity index is 4.45. The molecule has 0 saturated heterocycles. The van der Waals surface area contributed by atoms with Gasteiger partial charge in [-0.1, -0.05) is 246 Å². The molecule has 0 aliphatic heterocycles. The molecule has 0 saturated carbocycles. The van der Waals surface area contributed by atoms with E-state index in [9.17, 15) is 14.4 Å². The molecule has 382 valence electrons. The Bertz CT molecular complexity index is 1350. The van der Waals surface area contributed by atoms with E-state index < -0.39 is 6.10 Å². The Labute approximate surface area is 413 Å². The van der Waals surface area contributed by atoms with Crippen molar-refractivity contribution in [3.05, 3.63) is 97.2 Å². The van der Waals surface area contributed by atoms with Crippen LogP contribution < -0.4 is 0 Å². The predicted octanol–water partition coefficient (Wildman–Crippen LogP) is 18.5. The molecule has 67 heavy (non-hydrogen) atoms. The highest BCUT2D eigenvalue weighted by molar-refractivity contribution is 5.71. The number of ether oxygens (including phenoxy) is 3. The molecule has 0 heterocycles. The number of hydrogen-bond donors (Lipinski definition) is 0. The van der Waals surface area contributed by atoms with Crippen LogP contribution in [0.5, 0.6) is 0 Å². The summed E-state index contributed by atoms with van der Waals surface area (Å²) in [6, 6.07) is 0. The summed E-state index contributed by atoms with van der Waals surface area (Å²) in [6.45, 7) is 6.40. The Morgan fingerprint density at radius 3 is 1.06 bits per heavy atom. The molecule has 1 atom stereocenters. The minimum atomic E-state index is -0.811. The molecule has 0 aromatic carbocycles. The predicted molar refractivity (Wildman–Crippen MR) is 288 cm³/mol. The van der Waals surface area contributed by atoms with Gasteiger partial charge in [0.1, 0.15) is 13.2 Å². The van der Waals surface area contributed by atoms with Gasteiger partial charge in [-0.05, 0) is 83.5 Å². The second-order valence-electron chi connectivity index (χ2n) is 18.3. The third-order valence-corrected chi connectivity index (χ3v) is 11.7. The van der Waals surface area contributed by atoms with Gasteiger partial charge >= 0.3 is 17.9 Å². The van der Waals surface area contributed by atoms with Gasteiger partial charge in [-0.15, -0.1) is 0 Å².